The third-order valence-corrected chi connectivity index (χ3v) is 1.05. The first-order valence-electron chi connectivity index (χ1n) is 3.44. The Hall–Kier alpha value is -1.72. The minimum absolute atomic E-state index is 0.0603. The van der Waals surface area contributed by atoms with Crippen molar-refractivity contribution < 1.29 is 29.3 Å². The summed E-state index contributed by atoms with van der Waals surface area (Å²) in [6, 6.07) is 0. The number of carboxylic acid groups (broad SMARTS) is 2. The van der Waals surface area contributed by atoms with E-state index in [-0.39, 0.29) is 11.7 Å². The highest BCUT2D eigenvalue weighted by Crippen LogP contribution is 2.11. The maximum absolute atomic E-state index is 10.1. The second-order valence-electron chi connectivity index (χ2n) is 2.43. The number of ether oxygens (including phenoxy) is 2. The van der Waals surface area contributed by atoms with Crippen LogP contribution in [0.4, 0.5) is 9.59 Å². The predicted octanol–water partition coefficient (Wildman–Crippen LogP) is 1.87. The Morgan fingerprint density at radius 1 is 1.23 bits per heavy atom. The number of hydrogen-bond acceptors (Lipinski definition) is 4. The lowest BCUT2D eigenvalue weighted by Gasteiger charge is -2.07. The molecule has 0 amide bonds. The predicted molar refractivity (Wildman–Crippen MR) is 41.1 cm³/mol. The fourth-order valence-electron chi connectivity index (χ4n) is 0.487. The first-order valence-corrected chi connectivity index (χ1v) is 3.44. The molecule has 0 rings (SSSR count). The van der Waals surface area contributed by atoms with E-state index in [0.717, 1.165) is 6.26 Å². The molecule has 0 atom stereocenters. The highest BCUT2D eigenvalue weighted by atomic mass is 16.7. The third kappa shape index (κ3) is 5.54. The molecule has 0 unspecified atom stereocenters. The van der Waals surface area contributed by atoms with Crippen LogP contribution in [0, 0.1) is 5.92 Å². The van der Waals surface area contributed by atoms with Gasteiger partial charge in [-0.15, -0.1) is 0 Å². The molecule has 0 aromatic heterocycles. The van der Waals surface area contributed by atoms with Crippen molar-refractivity contribution in [1.29, 1.82) is 0 Å². The van der Waals surface area contributed by atoms with Gasteiger partial charge in [-0.05, 0) is 0 Å². The molecule has 74 valence electrons. The van der Waals surface area contributed by atoms with Crippen LogP contribution in [0.2, 0.25) is 0 Å². The van der Waals surface area contributed by atoms with Crippen LogP contribution in [0.15, 0.2) is 12.0 Å². The van der Waals surface area contributed by atoms with Crippen LogP contribution >= 0.6 is 0 Å². The van der Waals surface area contributed by atoms with E-state index in [1.165, 1.54) is 0 Å². The van der Waals surface area contributed by atoms with Crippen molar-refractivity contribution in [3.8, 4) is 0 Å². The van der Waals surface area contributed by atoms with Crippen LogP contribution in [0.1, 0.15) is 13.8 Å². The smallest absolute Gasteiger partial charge is 0.449 e. The zero-order chi connectivity index (χ0) is 10.4. The Morgan fingerprint density at radius 2 is 1.77 bits per heavy atom. The summed E-state index contributed by atoms with van der Waals surface area (Å²) in [7, 11) is 0. The van der Waals surface area contributed by atoms with E-state index in [1.807, 2.05) is 0 Å². The Balaban J connectivity index is 4.32. The number of allylic oxidation sites excluding steroid dienone is 1. The minimum Gasteiger partial charge on any atom is -0.449 e. The molecule has 0 saturated heterocycles. The molecule has 13 heavy (non-hydrogen) atoms. The van der Waals surface area contributed by atoms with E-state index >= 15 is 0 Å². The summed E-state index contributed by atoms with van der Waals surface area (Å²) in [4.78, 5) is 20.0. The molecule has 0 spiro atoms. The average Bonchev–Trinajstić information content (AvgIpc) is 1.96. The van der Waals surface area contributed by atoms with Gasteiger partial charge >= 0.3 is 12.3 Å². The molecule has 0 aliphatic carbocycles. The van der Waals surface area contributed by atoms with Crippen molar-refractivity contribution in [3.05, 3.63) is 12.0 Å². The summed E-state index contributed by atoms with van der Waals surface area (Å²) in [6.45, 7) is 3.28. The molecule has 2 N–H and O–H groups in total. The average molecular weight is 190 g/mol. The van der Waals surface area contributed by atoms with Crippen molar-refractivity contribution in [2.75, 3.05) is 0 Å². The standard InChI is InChI=1S/C7H10O6/c1-4(2)5(13-7(10)11)3-12-6(8)9/h3-4H,1-2H3,(H,8,9)(H,10,11)/b5-3+. The minimum atomic E-state index is -1.52. The second kappa shape index (κ2) is 5.02. The van der Waals surface area contributed by atoms with Crippen LogP contribution in [0.5, 0.6) is 0 Å². The zero-order valence-corrected chi connectivity index (χ0v) is 7.18. The first kappa shape index (κ1) is 11.3. The van der Waals surface area contributed by atoms with Gasteiger partial charge in [0.15, 0.2) is 0 Å². The summed E-state index contributed by atoms with van der Waals surface area (Å²) in [6.07, 6.45) is -2.28. The first-order chi connectivity index (χ1) is 5.93. The van der Waals surface area contributed by atoms with Crippen molar-refractivity contribution in [1.82, 2.24) is 0 Å². The van der Waals surface area contributed by atoms with E-state index in [4.69, 9.17) is 10.2 Å². The molecule has 0 radical (unpaired) electrons. The maximum atomic E-state index is 10.1. The fourth-order valence-corrected chi connectivity index (χ4v) is 0.487. The van der Waals surface area contributed by atoms with E-state index in [1.54, 1.807) is 13.8 Å². The lowest BCUT2D eigenvalue weighted by molar-refractivity contribution is 0.0985. The van der Waals surface area contributed by atoms with E-state index in [9.17, 15) is 9.59 Å². The lowest BCUT2D eigenvalue weighted by atomic mass is 10.2. The Labute approximate surface area is 74.4 Å². The molecule has 0 bridgehead atoms. The van der Waals surface area contributed by atoms with Crippen LogP contribution in [-0.4, -0.2) is 22.5 Å². The van der Waals surface area contributed by atoms with Crippen molar-refractivity contribution in [2.24, 2.45) is 5.92 Å². The SMILES string of the molecule is CC(C)/C(=C\OC(=O)O)OC(=O)O. The number of carbonyl (C=O) groups is 2. The Bertz CT molecular complexity index is 229. The van der Waals surface area contributed by atoms with Gasteiger partial charge in [0, 0.05) is 5.92 Å². The third-order valence-electron chi connectivity index (χ3n) is 1.05. The largest absolute Gasteiger partial charge is 0.511 e. The molecule has 6 nitrogen and oxygen atoms in total. The van der Waals surface area contributed by atoms with Crippen molar-refractivity contribution in [3.63, 3.8) is 0 Å². The number of rotatable bonds is 3. The van der Waals surface area contributed by atoms with E-state index in [2.05, 4.69) is 9.47 Å². The van der Waals surface area contributed by atoms with Gasteiger partial charge in [0.05, 0.1) is 0 Å². The monoisotopic (exact) mass is 190 g/mol. The molecule has 0 aliphatic heterocycles. The van der Waals surface area contributed by atoms with Crippen LogP contribution < -0.4 is 0 Å². The summed E-state index contributed by atoms with van der Waals surface area (Å²) in [5.41, 5.74) is 0. The van der Waals surface area contributed by atoms with Gasteiger partial charge in [-0.2, -0.15) is 0 Å². The zero-order valence-electron chi connectivity index (χ0n) is 7.18. The highest BCUT2D eigenvalue weighted by molar-refractivity contribution is 5.59. The van der Waals surface area contributed by atoms with Gasteiger partial charge in [0.1, 0.15) is 12.0 Å². The second-order valence-corrected chi connectivity index (χ2v) is 2.43. The van der Waals surface area contributed by atoms with Crippen molar-refractivity contribution >= 4 is 12.3 Å². The molecule has 0 heterocycles. The molecule has 0 aliphatic rings. The maximum Gasteiger partial charge on any atom is 0.511 e. The van der Waals surface area contributed by atoms with Crippen molar-refractivity contribution in [2.45, 2.75) is 13.8 Å². The fraction of sp³-hybridized carbons (Fsp3) is 0.429. The summed E-state index contributed by atoms with van der Waals surface area (Å²) < 4.78 is 8.28. The van der Waals surface area contributed by atoms with Gasteiger partial charge in [-0.25, -0.2) is 9.59 Å². The summed E-state index contributed by atoms with van der Waals surface area (Å²) >= 11 is 0. The topological polar surface area (TPSA) is 93.1 Å². The molecule has 6 heteroatoms. The van der Waals surface area contributed by atoms with Crippen LogP contribution in [0.3, 0.4) is 0 Å². The Kier molecular flexibility index (Phi) is 4.36. The van der Waals surface area contributed by atoms with Gasteiger partial charge in [-0.1, -0.05) is 13.8 Å². The number of hydrogen-bond donors (Lipinski definition) is 2. The van der Waals surface area contributed by atoms with Gasteiger partial charge in [0.25, 0.3) is 0 Å². The van der Waals surface area contributed by atoms with E-state index < -0.39 is 12.3 Å². The quantitative estimate of drug-likeness (QED) is 0.521. The summed E-state index contributed by atoms with van der Waals surface area (Å²) in [5, 5.41) is 16.3. The van der Waals surface area contributed by atoms with Crippen LogP contribution in [-0.2, 0) is 9.47 Å². The van der Waals surface area contributed by atoms with Gasteiger partial charge < -0.3 is 19.7 Å². The lowest BCUT2D eigenvalue weighted by Crippen LogP contribution is -2.07. The molecule has 0 fully saturated rings. The summed E-state index contributed by atoms with van der Waals surface area (Å²) in [5.74, 6) is -0.328. The van der Waals surface area contributed by atoms with Gasteiger partial charge in [-0.3, -0.25) is 0 Å². The van der Waals surface area contributed by atoms with Gasteiger partial charge in [0.2, 0.25) is 0 Å². The normalized spacial score (nSPS) is 11.2. The molecule has 0 saturated carbocycles. The molecule has 0 aromatic rings. The molecular weight excluding hydrogens is 180 g/mol. The molecular formula is C7H10O6. The Morgan fingerprint density at radius 3 is 2.08 bits per heavy atom. The molecule has 0 aromatic carbocycles. The van der Waals surface area contributed by atoms with Crippen LogP contribution in [0.25, 0.3) is 0 Å². The van der Waals surface area contributed by atoms with E-state index in [0.29, 0.717) is 0 Å². The highest BCUT2D eigenvalue weighted by Gasteiger charge is 2.10.